The summed E-state index contributed by atoms with van der Waals surface area (Å²) in [5.41, 5.74) is -0.525. The third-order valence-electron chi connectivity index (χ3n) is 5.50. The number of unbranched alkanes of at least 4 members (excludes halogenated alkanes) is 5. The van der Waals surface area contributed by atoms with Crippen molar-refractivity contribution in [3.8, 4) is 0 Å². The van der Waals surface area contributed by atoms with Gasteiger partial charge in [0.1, 0.15) is 12.7 Å². The highest BCUT2D eigenvalue weighted by Gasteiger charge is 2.23. The van der Waals surface area contributed by atoms with E-state index in [1.165, 1.54) is 23.6 Å². The minimum atomic E-state index is -0.624. The Hall–Kier alpha value is -2.93. The first kappa shape index (κ1) is 27.3. The van der Waals surface area contributed by atoms with E-state index in [0.29, 0.717) is 12.0 Å². The third-order valence-corrected chi connectivity index (χ3v) is 5.50. The van der Waals surface area contributed by atoms with E-state index in [0.717, 1.165) is 38.5 Å². The fraction of sp³-hybridized carbons (Fsp3) is 0.519. The summed E-state index contributed by atoms with van der Waals surface area (Å²) in [6, 6.07) is 0. The number of aromatic amines is 1. The molecule has 0 amide bonds. The van der Waals surface area contributed by atoms with Gasteiger partial charge in [-0.05, 0) is 52.0 Å². The Morgan fingerprint density at radius 1 is 1.03 bits per heavy atom. The van der Waals surface area contributed by atoms with E-state index in [-0.39, 0.29) is 12.6 Å². The van der Waals surface area contributed by atoms with Gasteiger partial charge in [-0.1, -0.05) is 61.8 Å². The zero-order valence-corrected chi connectivity index (χ0v) is 20.4. The molecule has 7 heteroatoms. The molecule has 0 radical (unpaired) electrons. The monoisotopic (exact) mass is 470 g/mol. The number of allylic oxidation sites excluding steroid dienone is 6. The summed E-state index contributed by atoms with van der Waals surface area (Å²) in [7, 11) is 0. The maximum atomic E-state index is 12.0. The van der Waals surface area contributed by atoms with E-state index in [2.05, 4.69) is 41.4 Å². The van der Waals surface area contributed by atoms with Crippen molar-refractivity contribution in [2.45, 2.75) is 84.0 Å². The van der Waals surface area contributed by atoms with Crippen LogP contribution in [0, 0.1) is 6.92 Å². The number of hydrogen-bond donors (Lipinski definition) is 1. The molecule has 1 aliphatic heterocycles. The number of ether oxygens (including phenoxy) is 2. The summed E-state index contributed by atoms with van der Waals surface area (Å²) in [5, 5.41) is 0. The molecule has 34 heavy (non-hydrogen) atoms. The smallest absolute Gasteiger partial charge is 0.330 e. The second-order valence-electron chi connectivity index (χ2n) is 8.40. The molecule has 2 rings (SSSR count). The van der Waals surface area contributed by atoms with Crippen LogP contribution in [0.1, 0.15) is 76.5 Å². The zero-order valence-electron chi connectivity index (χ0n) is 20.4. The van der Waals surface area contributed by atoms with E-state index in [4.69, 9.17) is 9.47 Å². The number of nitrogens with zero attached hydrogens (tertiary/aromatic N) is 1. The number of nitrogens with one attached hydrogen (secondary N) is 1. The lowest BCUT2D eigenvalue weighted by molar-refractivity contribution is -0.147. The molecular formula is C27H38N2O5. The quantitative estimate of drug-likeness (QED) is 0.220. The van der Waals surface area contributed by atoms with Crippen molar-refractivity contribution in [2.75, 3.05) is 6.61 Å². The van der Waals surface area contributed by atoms with Crippen molar-refractivity contribution in [2.24, 2.45) is 0 Å². The Labute approximate surface area is 201 Å². The predicted molar refractivity (Wildman–Crippen MR) is 135 cm³/mol. The Morgan fingerprint density at radius 2 is 1.74 bits per heavy atom. The first-order chi connectivity index (χ1) is 16.5. The Balaban J connectivity index is 1.49. The predicted octanol–water partition coefficient (Wildman–Crippen LogP) is 5.04. The van der Waals surface area contributed by atoms with E-state index in [1.54, 1.807) is 19.1 Å². The summed E-state index contributed by atoms with van der Waals surface area (Å²) in [5.74, 6) is -0.233. The number of carbonyl (C=O) groups is 1. The molecule has 0 saturated carbocycles. The molecule has 2 heterocycles. The molecule has 0 fully saturated rings. The van der Waals surface area contributed by atoms with Crippen molar-refractivity contribution in [3.63, 3.8) is 0 Å². The summed E-state index contributed by atoms with van der Waals surface area (Å²) in [6.45, 7) is 3.76. The maximum Gasteiger partial charge on any atom is 0.330 e. The normalized spacial score (nSPS) is 18.1. The molecule has 0 bridgehead atoms. The highest BCUT2D eigenvalue weighted by atomic mass is 16.6. The Kier molecular flexibility index (Phi) is 12.7. The lowest BCUT2D eigenvalue weighted by Gasteiger charge is -2.16. The number of carbonyl (C=O) groups excluding carboxylic acids is 1. The van der Waals surface area contributed by atoms with Crippen LogP contribution in [0.15, 0.2) is 64.4 Å². The molecule has 1 N–H and O–H groups in total. The molecule has 0 saturated heterocycles. The van der Waals surface area contributed by atoms with Crippen LogP contribution in [0.25, 0.3) is 0 Å². The molecule has 1 aromatic rings. The van der Waals surface area contributed by atoms with Gasteiger partial charge in [0.2, 0.25) is 0 Å². The third kappa shape index (κ3) is 10.3. The Bertz CT molecular complexity index is 983. The molecule has 186 valence electrons. The molecule has 0 aliphatic carbocycles. The van der Waals surface area contributed by atoms with Crippen LogP contribution in [-0.2, 0) is 14.3 Å². The first-order valence-corrected chi connectivity index (χ1v) is 12.2. The van der Waals surface area contributed by atoms with Crippen LogP contribution in [0.5, 0.6) is 0 Å². The van der Waals surface area contributed by atoms with Gasteiger partial charge in [0.15, 0.2) is 6.23 Å². The average molecular weight is 471 g/mol. The summed E-state index contributed by atoms with van der Waals surface area (Å²) >= 11 is 0. The molecule has 0 aromatic carbocycles. The Morgan fingerprint density at radius 3 is 2.53 bits per heavy atom. The molecule has 2 atom stereocenters. The number of aromatic nitrogens is 2. The molecular weight excluding hydrogens is 432 g/mol. The average Bonchev–Trinajstić information content (AvgIpc) is 3.29. The van der Waals surface area contributed by atoms with Crippen LogP contribution in [0.3, 0.4) is 0 Å². The standard InChI is InChI=1S/C27H38N2O5/c1-3-4-5-6-7-8-9-10-11-12-13-14-15-16-17-25(30)33-21-23-18-19-24(34-23)29-20-22(2)26(31)28-27(29)32/h3-4,6-7,9-10,18-20,23-24H,5,8,11-17,21H2,1-2H3,(H,28,31,32)/b4-3+,7-6+,10-9+. The zero-order chi connectivity index (χ0) is 24.6. The number of H-pyrrole nitrogens is 1. The number of hydrogen-bond acceptors (Lipinski definition) is 5. The van der Waals surface area contributed by atoms with Crippen molar-refractivity contribution in [1.82, 2.24) is 9.55 Å². The molecule has 7 nitrogen and oxygen atoms in total. The number of esters is 1. The second kappa shape index (κ2) is 15.8. The lowest BCUT2D eigenvalue weighted by atomic mass is 10.1. The molecule has 1 aromatic heterocycles. The van der Waals surface area contributed by atoms with E-state index < -0.39 is 23.6 Å². The molecule has 1 aliphatic rings. The van der Waals surface area contributed by atoms with Crippen LogP contribution in [0.2, 0.25) is 0 Å². The molecule has 2 unspecified atom stereocenters. The summed E-state index contributed by atoms with van der Waals surface area (Å²) in [4.78, 5) is 37.7. The van der Waals surface area contributed by atoms with E-state index >= 15 is 0 Å². The number of aryl methyl sites for hydroxylation is 1. The van der Waals surface area contributed by atoms with Gasteiger partial charge in [0, 0.05) is 18.2 Å². The summed E-state index contributed by atoms with van der Waals surface area (Å²) in [6.07, 6.45) is 25.7. The topological polar surface area (TPSA) is 90.4 Å². The fourth-order valence-electron chi connectivity index (χ4n) is 3.53. The minimum absolute atomic E-state index is 0.111. The van der Waals surface area contributed by atoms with Crippen LogP contribution >= 0.6 is 0 Å². The van der Waals surface area contributed by atoms with Gasteiger partial charge >= 0.3 is 11.7 Å². The second-order valence-corrected chi connectivity index (χ2v) is 8.40. The number of rotatable bonds is 15. The van der Waals surface area contributed by atoms with Crippen molar-refractivity contribution in [1.29, 1.82) is 0 Å². The van der Waals surface area contributed by atoms with Gasteiger partial charge in [0.05, 0.1) is 0 Å². The van der Waals surface area contributed by atoms with E-state index in [9.17, 15) is 14.4 Å². The maximum absolute atomic E-state index is 12.0. The summed E-state index contributed by atoms with van der Waals surface area (Å²) < 4.78 is 12.4. The largest absolute Gasteiger partial charge is 0.463 e. The fourth-order valence-corrected chi connectivity index (χ4v) is 3.53. The van der Waals surface area contributed by atoms with E-state index in [1.807, 2.05) is 6.92 Å². The van der Waals surface area contributed by atoms with Crippen LogP contribution < -0.4 is 11.2 Å². The lowest BCUT2D eigenvalue weighted by Crippen LogP contribution is -2.33. The van der Waals surface area contributed by atoms with Gasteiger partial charge in [-0.25, -0.2) is 4.79 Å². The van der Waals surface area contributed by atoms with Gasteiger partial charge in [-0.15, -0.1) is 0 Å². The van der Waals surface area contributed by atoms with Gasteiger partial charge in [-0.3, -0.25) is 19.1 Å². The molecule has 0 spiro atoms. The minimum Gasteiger partial charge on any atom is -0.463 e. The van der Waals surface area contributed by atoms with Gasteiger partial charge in [0.25, 0.3) is 5.56 Å². The van der Waals surface area contributed by atoms with Crippen molar-refractivity contribution in [3.05, 3.63) is 81.2 Å². The highest BCUT2D eigenvalue weighted by molar-refractivity contribution is 5.69. The van der Waals surface area contributed by atoms with Crippen LogP contribution in [-0.4, -0.2) is 28.2 Å². The van der Waals surface area contributed by atoms with Crippen molar-refractivity contribution >= 4 is 5.97 Å². The SMILES string of the molecule is C/C=C/C/C=C/C/C=C/CCCCCCCC(=O)OCC1C=CC(n2cc(C)c(=O)[nH]c2=O)O1. The van der Waals surface area contributed by atoms with Crippen molar-refractivity contribution < 1.29 is 14.3 Å². The highest BCUT2D eigenvalue weighted by Crippen LogP contribution is 2.20. The first-order valence-electron chi connectivity index (χ1n) is 12.2. The van der Waals surface area contributed by atoms with Gasteiger partial charge < -0.3 is 9.47 Å². The van der Waals surface area contributed by atoms with Crippen LogP contribution in [0.4, 0.5) is 0 Å². The van der Waals surface area contributed by atoms with Gasteiger partial charge in [-0.2, -0.15) is 0 Å².